The molecular formula is C15H13BrN2O3. The molecular weight excluding hydrogens is 336 g/mol. The van der Waals surface area contributed by atoms with E-state index in [1.165, 1.54) is 18.2 Å². The molecule has 1 N–H and O–H groups in total. The molecule has 108 valence electrons. The summed E-state index contributed by atoms with van der Waals surface area (Å²) in [6.07, 6.45) is 0. The van der Waals surface area contributed by atoms with Gasteiger partial charge in [0.15, 0.2) is 0 Å². The Kier molecular flexibility index (Phi) is 4.37. The van der Waals surface area contributed by atoms with Gasteiger partial charge in [0, 0.05) is 27.4 Å². The Labute approximate surface area is 130 Å². The zero-order chi connectivity index (χ0) is 15.6. The third-order valence-corrected chi connectivity index (χ3v) is 3.60. The third-order valence-electron chi connectivity index (χ3n) is 3.10. The van der Waals surface area contributed by atoms with E-state index < -0.39 is 4.92 Å². The first-order valence-corrected chi connectivity index (χ1v) is 7.00. The van der Waals surface area contributed by atoms with Crippen LogP contribution in [-0.4, -0.2) is 10.8 Å². The molecule has 21 heavy (non-hydrogen) atoms. The number of carbonyl (C=O) groups is 1. The van der Waals surface area contributed by atoms with Gasteiger partial charge >= 0.3 is 0 Å². The maximum Gasteiger partial charge on any atom is 0.272 e. The maximum atomic E-state index is 12.2. The molecule has 1 amide bonds. The predicted molar refractivity (Wildman–Crippen MR) is 84.7 cm³/mol. The minimum atomic E-state index is -0.463. The number of amides is 1. The first-order chi connectivity index (χ1) is 9.88. The van der Waals surface area contributed by atoms with E-state index in [9.17, 15) is 14.9 Å². The molecule has 0 aliphatic heterocycles. The van der Waals surface area contributed by atoms with E-state index in [1.807, 2.05) is 25.1 Å². The van der Waals surface area contributed by atoms with Crippen LogP contribution >= 0.6 is 15.9 Å². The SMILES string of the molecule is Cc1ccc(Br)cc1NC(=O)c1ccc([N+](=O)[O-])c(C)c1. The molecule has 2 aromatic carbocycles. The second kappa shape index (κ2) is 6.05. The minimum absolute atomic E-state index is 0.00480. The fourth-order valence-electron chi connectivity index (χ4n) is 1.92. The van der Waals surface area contributed by atoms with E-state index in [1.54, 1.807) is 6.92 Å². The van der Waals surface area contributed by atoms with Crippen molar-refractivity contribution in [3.05, 3.63) is 67.7 Å². The zero-order valence-electron chi connectivity index (χ0n) is 11.5. The van der Waals surface area contributed by atoms with Gasteiger partial charge in [-0.1, -0.05) is 22.0 Å². The van der Waals surface area contributed by atoms with Crippen molar-refractivity contribution in [2.75, 3.05) is 5.32 Å². The fourth-order valence-corrected chi connectivity index (χ4v) is 2.29. The Balaban J connectivity index is 2.26. The van der Waals surface area contributed by atoms with Gasteiger partial charge in [-0.15, -0.1) is 0 Å². The summed E-state index contributed by atoms with van der Waals surface area (Å²) in [6, 6.07) is 9.90. The molecule has 0 bridgehead atoms. The van der Waals surface area contributed by atoms with E-state index in [2.05, 4.69) is 21.2 Å². The number of halogens is 1. The highest BCUT2D eigenvalue weighted by Gasteiger charge is 2.14. The summed E-state index contributed by atoms with van der Waals surface area (Å²) < 4.78 is 0.864. The monoisotopic (exact) mass is 348 g/mol. The van der Waals surface area contributed by atoms with E-state index in [0.717, 1.165) is 10.0 Å². The summed E-state index contributed by atoms with van der Waals surface area (Å²) >= 11 is 3.35. The minimum Gasteiger partial charge on any atom is -0.322 e. The Bertz CT molecular complexity index is 729. The van der Waals surface area contributed by atoms with E-state index in [0.29, 0.717) is 16.8 Å². The number of rotatable bonds is 3. The number of aryl methyl sites for hydroxylation is 2. The summed E-state index contributed by atoms with van der Waals surface area (Å²) in [5.74, 6) is -0.297. The largest absolute Gasteiger partial charge is 0.322 e. The van der Waals surface area contributed by atoms with Gasteiger partial charge in [0.1, 0.15) is 0 Å². The van der Waals surface area contributed by atoms with E-state index >= 15 is 0 Å². The summed E-state index contributed by atoms with van der Waals surface area (Å²) in [7, 11) is 0. The lowest BCUT2D eigenvalue weighted by Crippen LogP contribution is -2.13. The average molecular weight is 349 g/mol. The van der Waals surface area contributed by atoms with E-state index in [-0.39, 0.29) is 11.6 Å². The number of nitrogens with zero attached hydrogens (tertiary/aromatic N) is 1. The quantitative estimate of drug-likeness (QED) is 0.666. The highest BCUT2D eigenvalue weighted by Crippen LogP contribution is 2.23. The number of nitrogens with one attached hydrogen (secondary N) is 1. The second-order valence-corrected chi connectivity index (χ2v) is 5.59. The van der Waals surface area contributed by atoms with Gasteiger partial charge in [0.05, 0.1) is 4.92 Å². The molecule has 0 spiro atoms. The maximum absolute atomic E-state index is 12.2. The van der Waals surface area contributed by atoms with Crippen LogP contribution in [0.1, 0.15) is 21.5 Å². The molecule has 0 aromatic heterocycles. The Morgan fingerprint density at radius 3 is 2.48 bits per heavy atom. The summed E-state index contributed by atoms with van der Waals surface area (Å²) in [5.41, 5.74) is 2.48. The Hall–Kier alpha value is -2.21. The van der Waals surface area contributed by atoms with Crippen molar-refractivity contribution in [3.63, 3.8) is 0 Å². The Morgan fingerprint density at radius 2 is 1.86 bits per heavy atom. The summed E-state index contributed by atoms with van der Waals surface area (Å²) in [6.45, 7) is 3.50. The van der Waals surface area contributed by atoms with Crippen molar-refractivity contribution in [3.8, 4) is 0 Å². The van der Waals surface area contributed by atoms with Crippen LogP contribution in [0.5, 0.6) is 0 Å². The van der Waals surface area contributed by atoms with Crippen molar-refractivity contribution >= 4 is 33.2 Å². The molecule has 6 heteroatoms. The lowest BCUT2D eigenvalue weighted by Gasteiger charge is -2.09. The molecule has 0 aliphatic rings. The standard InChI is InChI=1S/C15H13BrN2O3/c1-9-3-5-12(16)8-13(9)17-15(19)11-4-6-14(18(20)21)10(2)7-11/h3-8H,1-2H3,(H,17,19). The van der Waals surface area contributed by atoms with Crippen LogP contribution in [-0.2, 0) is 0 Å². The van der Waals surface area contributed by atoms with Crippen LogP contribution in [0.25, 0.3) is 0 Å². The number of nitro benzene ring substituents is 1. The van der Waals surface area contributed by atoms with Crippen LogP contribution in [0, 0.1) is 24.0 Å². The Morgan fingerprint density at radius 1 is 1.14 bits per heavy atom. The number of anilines is 1. The van der Waals surface area contributed by atoms with Crippen LogP contribution in [0.2, 0.25) is 0 Å². The first-order valence-electron chi connectivity index (χ1n) is 6.21. The second-order valence-electron chi connectivity index (χ2n) is 4.67. The number of benzene rings is 2. The lowest BCUT2D eigenvalue weighted by atomic mass is 10.1. The zero-order valence-corrected chi connectivity index (χ0v) is 13.1. The van der Waals surface area contributed by atoms with Crippen molar-refractivity contribution in [1.82, 2.24) is 0 Å². The number of hydrogen-bond acceptors (Lipinski definition) is 3. The van der Waals surface area contributed by atoms with Crippen LogP contribution in [0.3, 0.4) is 0 Å². The topological polar surface area (TPSA) is 72.2 Å². The van der Waals surface area contributed by atoms with Crippen molar-refractivity contribution in [1.29, 1.82) is 0 Å². The van der Waals surface area contributed by atoms with Crippen LogP contribution in [0.15, 0.2) is 40.9 Å². The van der Waals surface area contributed by atoms with Gasteiger partial charge in [-0.3, -0.25) is 14.9 Å². The first kappa shape index (κ1) is 15.2. The van der Waals surface area contributed by atoms with E-state index in [4.69, 9.17) is 0 Å². The molecule has 0 atom stereocenters. The van der Waals surface area contributed by atoms with Gasteiger partial charge in [-0.2, -0.15) is 0 Å². The molecule has 0 heterocycles. The molecule has 0 fully saturated rings. The number of carbonyl (C=O) groups excluding carboxylic acids is 1. The van der Waals surface area contributed by atoms with Crippen molar-refractivity contribution in [2.24, 2.45) is 0 Å². The van der Waals surface area contributed by atoms with Gasteiger partial charge in [-0.25, -0.2) is 0 Å². The third kappa shape index (κ3) is 3.46. The lowest BCUT2D eigenvalue weighted by molar-refractivity contribution is -0.385. The molecule has 0 unspecified atom stereocenters. The molecule has 2 aromatic rings. The smallest absolute Gasteiger partial charge is 0.272 e. The molecule has 0 aliphatic carbocycles. The van der Waals surface area contributed by atoms with Crippen molar-refractivity contribution < 1.29 is 9.72 Å². The van der Waals surface area contributed by atoms with Gasteiger partial charge < -0.3 is 5.32 Å². The molecule has 0 saturated carbocycles. The summed E-state index contributed by atoms with van der Waals surface area (Å²) in [4.78, 5) is 22.5. The molecule has 0 saturated heterocycles. The molecule has 2 rings (SSSR count). The molecule has 0 radical (unpaired) electrons. The number of hydrogen-bond donors (Lipinski definition) is 1. The van der Waals surface area contributed by atoms with Crippen LogP contribution in [0.4, 0.5) is 11.4 Å². The van der Waals surface area contributed by atoms with Gasteiger partial charge in [-0.05, 0) is 43.7 Å². The highest BCUT2D eigenvalue weighted by atomic mass is 79.9. The predicted octanol–water partition coefficient (Wildman–Crippen LogP) is 4.23. The summed E-state index contributed by atoms with van der Waals surface area (Å²) in [5, 5.41) is 13.6. The fraction of sp³-hybridized carbons (Fsp3) is 0.133. The molecule has 5 nitrogen and oxygen atoms in total. The highest BCUT2D eigenvalue weighted by molar-refractivity contribution is 9.10. The van der Waals surface area contributed by atoms with Gasteiger partial charge in [0.25, 0.3) is 11.6 Å². The average Bonchev–Trinajstić information content (AvgIpc) is 2.42. The normalized spacial score (nSPS) is 10.2. The number of nitro groups is 1. The van der Waals surface area contributed by atoms with Crippen molar-refractivity contribution in [2.45, 2.75) is 13.8 Å². The van der Waals surface area contributed by atoms with Gasteiger partial charge in [0.2, 0.25) is 0 Å². The van der Waals surface area contributed by atoms with Crippen LogP contribution < -0.4 is 5.32 Å².